The van der Waals surface area contributed by atoms with Crippen molar-refractivity contribution in [3.05, 3.63) is 28.7 Å². The summed E-state index contributed by atoms with van der Waals surface area (Å²) < 4.78 is 61.1. The third kappa shape index (κ3) is 3.43. The Hall–Kier alpha value is -1.78. The van der Waals surface area contributed by atoms with Crippen molar-refractivity contribution in [2.24, 2.45) is 0 Å². The Labute approximate surface area is 129 Å². The minimum Gasteiger partial charge on any atom is -0.408 e. The minimum atomic E-state index is -3.95. The second-order valence-corrected chi connectivity index (χ2v) is 6.98. The molecular weight excluding hydrogens is 334 g/mol. The largest absolute Gasteiger partial charge is 0.417 e. The molecule has 0 aliphatic heterocycles. The van der Waals surface area contributed by atoms with Crippen LogP contribution in [-0.2, 0) is 14.8 Å². The summed E-state index contributed by atoms with van der Waals surface area (Å²) in [5, 5.41) is 0. The number of aromatic nitrogens is 1. The van der Waals surface area contributed by atoms with E-state index in [0.29, 0.717) is 24.8 Å². The molecule has 1 aromatic heterocycles. The number of H-pyrrole nitrogens is 1. The first-order valence-corrected chi connectivity index (χ1v) is 8.42. The van der Waals surface area contributed by atoms with E-state index in [2.05, 4.69) is 14.4 Å². The van der Waals surface area contributed by atoms with Crippen molar-refractivity contribution in [3.8, 4) is 0 Å². The fourth-order valence-electron chi connectivity index (χ4n) is 2.72. The highest BCUT2D eigenvalue weighted by atomic mass is 32.2. The molecule has 0 saturated heterocycles. The predicted molar refractivity (Wildman–Crippen MR) is 75.7 cm³/mol. The molecule has 1 heterocycles. The monoisotopic (exact) mass is 348 g/mol. The topological polar surface area (TPSA) is 101 Å². The summed E-state index contributed by atoms with van der Waals surface area (Å²) in [6.07, 6.45) is 0.510. The van der Waals surface area contributed by atoms with E-state index in [-0.39, 0.29) is 10.5 Å². The van der Waals surface area contributed by atoms with E-state index < -0.39 is 34.5 Å². The Morgan fingerprint density at radius 1 is 1.35 bits per heavy atom. The maximum atomic E-state index is 12.4. The maximum absolute atomic E-state index is 12.4. The lowest BCUT2D eigenvalue weighted by molar-refractivity contribution is -0.164. The lowest BCUT2D eigenvalue weighted by atomic mass is 10.2. The quantitative estimate of drug-likeness (QED) is 0.854. The number of alkyl halides is 2. The van der Waals surface area contributed by atoms with E-state index in [0.717, 1.165) is 0 Å². The normalized spacial score (nSPS) is 22.2. The van der Waals surface area contributed by atoms with Crippen LogP contribution in [-0.4, -0.2) is 32.2 Å². The van der Waals surface area contributed by atoms with Gasteiger partial charge in [0, 0.05) is 12.1 Å². The van der Waals surface area contributed by atoms with Crippen LogP contribution in [0.15, 0.2) is 32.3 Å². The molecule has 1 aromatic carbocycles. The van der Waals surface area contributed by atoms with Crippen LogP contribution in [0.25, 0.3) is 11.1 Å². The van der Waals surface area contributed by atoms with E-state index in [1.165, 1.54) is 18.2 Å². The Kier molecular flexibility index (Phi) is 4.21. The number of sulfonamides is 1. The van der Waals surface area contributed by atoms with Crippen molar-refractivity contribution in [2.45, 2.75) is 42.9 Å². The van der Waals surface area contributed by atoms with Gasteiger partial charge in [0.15, 0.2) is 5.58 Å². The van der Waals surface area contributed by atoms with Gasteiger partial charge in [-0.05, 0) is 31.4 Å². The highest BCUT2D eigenvalue weighted by Crippen LogP contribution is 2.26. The van der Waals surface area contributed by atoms with E-state index in [1.54, 1.807) is 0 Å². The maximum Gasteiger partial charge on any atom is 0.417 e. The van der Waals surface area contributed by atoms with Crippen LogP contribution in [0.4, 0.5) is 8.78 Å². The Morgan fingerprint density at radius 3 is 2.87 bits per heavy atom. The SMILES string of the molecule is O=c1[nH]c2ccc(S(=O)(=O)N[C@@H]3CCC[C@H]3OC(F)F)cc2o1. The zero-order valence-electron chi connectivity index (χ0n) is 11.8. The smallest absolute Gasteiger partial charge is 0.408 e. The molecule has 1 fully saturated rings. The number of benzene rings is 1. The third-order valence-corrected chi connectivity index (χ3v) is 5.23. The van der Waals surface area contributed by atoms with Crippen molar-refractivity contribution < 1.29 is 26.4 Å². The second kappa shape index (κ2) is 6.02. The number of hydrogen-bond donors (Lipinski definition) is 2. The molecule has 0 spiro atoms. The number of halogens is 2. The summed E-state index contributed by atoms with van der Waals surface area (Å²) in [4.78, 5) is 13.4. The summed E-state index contributed by atoms with van der Waals surface area (Å²) in [6, 6.07) is 3.18. The van der Waals surface area contributed by atoms with Gasteiger partial charge in [0.1, 0.15) is 0 Å². The molecule has 3 rings (SSSR count). The summed E-state index contributed by atoms with van der Waals surface area (Å²) in [5.74, 6) is -0.691. The number of aromatic amines is 1. The third-order valence-electron chi connectivity index (χ3n) is 3.74. The van der Waals surface area contributed by atoms with Crippen molar-refractivity contribution in [3.63, 3.8) is 0 Å². The van der Waals surface area contributed by atoms with Crippen molar-refractivity contribution in [1.29, 1.82) is 0 Å². The molecule has 126 valence electrons. The molecule has 0 amide bonds. The highest BCUT2D eigenvalue weighted by Gasteiger charge is 2.34. The van der Waals surface area contributed by atoms with E-state index in [9.17, 15) is 22.0 Å². The van der Waals surface area contributed by atoms with Gasteiger partial charge in [0.05, 0.1) is 16.5 Å². The summed E-state index contributed by atoms with van der Waals surface area (Å²) in [7, 11) is -3.95. The van der Waals surface area contributed by atoms with Gasteiger partial charge in [-0.25, -0.2) is 17.9 Å². The number of fused-ring (bicyclic) bond motifs is 1. The summed E-state index contributed by atoms with van der Waals surface area (Å²) in [6.45, 7) is -2.95. The molecule has 1 aliphatic carbocycles. The van der Waals surface area contributed by atoms with Gasteiger partial charge in [-0.1, -0.05) is 0 Å². The van der Waals surface area contributed by atoms with Crippen molar-refractivity contribution in [2.75, 3.05) is 0 Å². The lowest BCUT2D eigenvalue weighted by Gasteiger charge is -2.20. The van der Waals surface area contributed by atoms with E-state index in [4.69, 9.17) is 4.42 Å². The Balaban J connectivity index is 1.83. The number of ether oxygens (including phenoxy) is 1. The number of oxazole rings is 1. The van der Waals surface area contributed by atoms with Crippen LogP contribution in [0.3, 0.4) is 0 Å². The zero-order valence-corrected chi connectivity index (χ0v) is 12.6. The summed E-state index contributed by atoms with van der Waals surface area (Å²) >= 11 is 0. The molecule has 0 radical (unpaired) electrons. The molecule has 23 heavy (non-hydrogen) atoms. The van der Waals surface area contributed by atoms with Gasteiger partial charge < -0.3 is 9.15 Å². The van der Waals surface area contributed by atoms with Gasteiger partial charge in [-0.2, -0.15) is 8.78 Å². The van der Waals surface area contributed by atoms with Crippen LogP contribution >= 0.6 is 0 Å². The van der Waals surface area contributed by atoms with E-state index in [1.807, 2.05) is 0 Å². The van der Waals surface area contributed by atoms with E-state index >= 15 is 0 Å². The highest BCUT2D eigenvalue weighted by molar-refractivity contribution is 7.89. The van der Waals surface area contributed by atoms with Crippen molar-refractivity contribution >= 4 is 21.1 Å². The Morgan fingerprint density at radius 2 is 2.13 bits per heavy atom. The first kappa shape index (κ1) is 16.1. The van der Waals surface area contributed by atoms with Crippen molar-refractivity contribution in [1.82, 2.24) is 9.71 Å². The number of hydrogen-bond acceptors (Lipinski definition) is 5. The van der Waals surface area contributed by atoms with Gasteiger partial charge in [0.25, 0.3) is 0 Å². The van der Waals surface area contributed by atoms with Gasteiger partial charge in [-0.3, -0.25) is 4.98 Å². The van der Waals surface area contributed by atoms with Gasteiger partial charge in [-0.15, -0.1) is 0 Å². The summed E-state index contributed by atoms with van der Waals surface area (Å²) in [5.41, 5.74) is 0.471. The average Bonchev–Trinajstić information content (AvgIpc) is 3.02. The lowest BCUT2D eigenvalue weighted by Crippen LogP contribution is -2.41. The molecule has 2 aromatic rings. The molecule has 10 heteroatoms. The first-order chi connectivity index (χ1) is 10.8. The Bertz CT molecular complexity index is 861. The van der Waals surface area contributed by atoms with Crippen LogP contribution in [0.1, 0.15) is 19.3 Å². The van der Waals surface area contributed by atoms with Crippen LogP contribution in [0, 0.1) is 0 Å². The second-order valence-electron chi connectivity index (χ2n) is 5.27. The predicted octanol–water partition coefficient (Wildman–Crippen LogP) is 1.56. The first-order valence-electron chi connectivity index (χ1n) is 6.94. The molecule has 7 nitrogen and oxygen atoms in total. The molecule has 2 atom stereocenters. The minimum absolute atomic E-state index is 0.102. The average molecular weight is 348 g/mol. The fourth-order valence-corrected chi connectivity index (χ4v) is 4.03. The molecule has 0 unspecified atom stereocenters. The van der Waals surface area contributed by atoms with Gasteiger partial charge in [0.2, 0.25) is 10.0 Å². The molecule has 0 bridgehead atoms. The number of nitrogens with one attached hydrogen (secondary N) is 2. The van der Waals surface area contributed by atoms with Gasteiger partial charge >= 0.3 is 12.4 Å². The van der Waals surface area contributed by atoms with Crippen LogP contribution < -0.4 is 10.5 Å². The molecule has 2 N–H and O–H groups in total. The van der Waals surface area contributed by atoms with Crippen LogP contribution in [0.2, 0.25) is 0 Å². The standard InChI is InChI=1S/C13H14F2N2O5S/c14-12(15)21-10-3-1-2-9(10)17-23(19,20)7-4-5-8-11(6-7)22-13(18)16-8/h4-6,9-10,12,17H,1-3H2,(H,16,18)/t9-,10-/m1/s1. The molecular formula is C13H14F2N2O5S. The fraction of sp³-hybridized carbons (Fsp3) is 0.462. The number of rotatable bonds is 5. The van der Waals surface area contributed by atoms with Crippen LogP contribution in [0.5, 0.6) is 0 Å². The molecule has 1 saturated carbocycles. The molecule has 1 aliphatic rings. The zero-order chi connectivity index (χ0) is 16.6.